The van der Waals surface area contributed by atoms with Crippen LogP contribution in [0.4, 0.5) is 4.39 Å². The van der Waals surface area contributed by atoms with Crippen LogP contribution >= 0.6 is 11.6 Å². The maximum absolute atomic E-state index is 13.0. The van der Waals surface area contributed by atoms with Crippen molar-refractivity contribution in [2.75, 3.05) is 13.2 Å². The number of furan rings is 1. The lowest BCUT2D eigenvalue weighted by molar-refractivity contribution is -0.124. The van der Waals surface area contributed by atoms with Crippen LogP contribution in [-0.4, -0.2) is 24.2 Å². The smallest absolute Gasteiger partial charge is 0.258 e. The number of hydrogen-bond donors (Lipinski definition) is 2. The van der Waals surface area contributed by atoms with E-state index in [4.69, 9.17) is 20.8 Å². The predicted octanol–water partition coefficient (Wildman–Crippen LogP) is 2.47. The van der Waals surface area contributed by atoms with Crippen LogP contribution < -0.4 is 10.1 Å². The summed E-state index contributed by atoms with van der Waals surface area (Å²) < 4.78 is 23.3. The Morgan fingerprint density at radius 3 is 2.91 bits per heavy atom. The molecule has 7 heteroatoms. The van der Waals surface area contributed by atoms with Gasteiger partial charge in [-0.3, -0.25) is 4.79 Å². The van der Waals surface area contributed by atoms with Crippen LogP contribution in [0.3, 0.4) is 0 Å². The number of hydrogen-bond acceptors (Lipinski definition) is 4. The molecule has 118 valence electrons. The van der Waals surface area contributed by atoms with Crippen molar-refractivity contribution in [3.05, 3.63) is 53.2 Å². The molecule has 2 aromatic rings. The summed E-state index contributed by atoms with van der Waals surface area (Å²) >= 11 is 5.61. The second kappa shape index (κ2) is 6.81. The molecule has 0 aliphatic carbocycles. The first-order valence-electron chi connectivity index (χ1n) is 6.49. The molecular weight excluding hydrogens is 313 g/mol. The van der Waals surface area contributed by atoms with Gasteiger partial charge in [-0.15, -0.1) is 0 Å². The Kier molecular flexibility index (Phi) is 5.05. The number of aliphatic hydroxyl groups is 1. The maximum Gasteiger partial charge on any atom is 0.258 e. The van der Waals surface area contributed by atoms with Gasteiger partial charge in [-0.25, -0.2) is 4.39 Å². The largest absolute Gasteiger partial charge is 0.484 e. The normalized spacial score (nSPS) is 13.5. The third-order valence-electron chi connectivity index (χ3n) is 2.94. The molecule has 1 aromatic carbocycles. The molecular formula is C15H15ClFNO4. The molecule has 1 atom stereocenters. The molecule has 22 heavy (non-hydrogen) atoms. The second-order valence-electron chi connectivity index (χ2n) is 4.89. The highest BCUT2D eigenvalue weighted by atomic mass is 35.5. The average molecular weight is 328 g/mol. The minimum absolute atomic E-state index is 0.0348. The molecule has 0 saturated heterocycles. The minimum atomic E-state index is -1.32. The van der Waals surface area contributed by atoms with Crippen LogP contribution in [0.5, 0.6) is 5.75 Å². The van der Waals surface area contributed by atoms with E-state index < -0.39 is 17.3 Å². The molecule has 0 aliphatic rings. The van der Waals surface area contributed by atoms with Crippen molar-refractivity contribution in [3.8, 4) is 5.75 Å². The van der Waals surface area contributed by atoms with Crippen molar-refractivity contribution < 1.29 is 23.4 Å². The number of ether oxygens (including phenoxy) is 1. The van der Waals surface area contributed by atoms with Crippen LogP contribution in [-0.2, 0) is 10.4 Å². The highest BCUT2D eigenvalue weighted by molar-refractivity contribution is 6.30. The molecule has 1 aromatic heterocycles. The highest BCUT2D eigenvalue weighted by Crippen LogP contribution is 2.21. The quantitative estimate of drug-likeness (QED) is 0.855. The molecule has 0 spiro atoms. The first-order valence-corrected chi connectivity index (χ1v) is 6.87. The van der Waals surface area contributed by atoms with Gasteiger partial charge in [0.15, 0.2) is 6.61 Å². The molecule has 0 fully saturated rings. The number of benzene rings is 1. The van der Waals surface area contributed by atoms with Crippen LogP contribution in [0.2, 0.25) is 5.02 Å². The Hall–Kier alpha value is -2.05. The van der Waals surface area contributed by atoms with Crippen LogP contribution in [0, 0.1) is 5.82 Å². The van der Waals surface area contributed by atoms with Gasteiger partial charge in [-0.2, -0.15) is 0 Å². The lowest BCUT2D eigenvalue weighted by Crippen LogP contribution is -2.40. The third kappa shape index (κ3) is 4.22. The van der Waals surface area contributed by atoms with Gasteiger partial charge in [0.25, 0.3) is 5.91 Å². The molecule has 0 radical (unpaired) electrons. The maximum atomic E-state index is 13.0. The van der Waals surface area contributed by atoms with Crippen LogP contribution in [0.25, 0.3) is 0 Å². The SMILES string of the molecule is CC(O)(CNC(=O)COc1ccc(F)c(Cl)c1)c1ccco1. The van der Waals surface area contributed by atoms with Gasteiger partial charge in [0.1, 0.15) is 22.9 Å². The van der Waals surface area contributed by atoms with Gasteiger partial charge in [-0.1, -0.05) is 11.6 Å². The Morgan fingerprint density at radius 1 is 1.50 bits per heavy atom. The fraction of sp³-hybridized carbons (Fsp3) is 0.267. The van der Waals surface area contributed by atoms with E-state index in [9.17, 15) is 14.3 Å². The summed E-state index contributed by atoms with van der Waals surface area (Å²) in [6, 6.07) is 7.06. The van der Waals surface area contributed by atoms with E-state index in [2.05, 4.69) is 5.32 Å². The second-order valence-corrected chi connectivity index (χ2v) is 5.30. The molecule has 1 heterocycles. The highest BCUT2D eigenvalue weighted by Gasteiger charge is 2.26. The average Bonchev–Trinajstić information content (AvgIpc) is 3.01. The fourth-order valence-corrected chi connectivity index (χ4v) is 1.88. The van der Waals surface area contributed by atoms with Crippen molar-refractivity contribution in [1.82, 2.24) is 5.32 Å². The number of carbonyl (C=O) groups is 1. The third-order valence-corrected chi connectivity index (χ3v) is 3.23. The summed E-state index contributed by atoms with van der Waals surface area (Å²) in [4.78, 5) is 11.7. The van der Waals surface area contributed by atoms with Crippen molar-refractivity contribution in [1.29, 1.82) is 0 Å². The van der Waals surface area contributed by atoms with Gasteiger partial charge in [0.2, 0.25) is 0 Å². The van der Waals surface area contributed by atoms with E-state index in [0.717, 1.165) is 6.07 Å². The van der Waals surface area contributed by atoms with Gasteiger partial charge in [0, 0.05) is 6.07 Å². The molecule has 1 amide bonds. The van der Waals surface area contributed by atoms with Crippen molar-refractivity contribution >= 4 is 17.5 Å². The monoisotopic (exact) mass is 327 g/mol. The summed E-state index contributed by atoms with van der Waals surface area (Å²) in [5.74, 6) is -0.376. The zero-order valence-corrected chi connectivity index (χ0v) is 12.6. The fourth-order valence-electron chi connectivity index (χ4n) is 1.71. The Labute approximate surface area is 131 Å². The standard InChI is InChI=1S/C15H15ClFNO4/c1-15(20,13-3-2-6-21-13)9-18-14(19)8-22-10-4-5-12(17)11(16)7-10/h2-7,20H,8-9H2,1H3,(H,18,19). The molecule has 0 bridgehead atoms. The lowest BCUT2D eigenvalue weighted by Gasteiger charge is -2.21. The van der Waals surface area contributed by atoms with Crippen LogP contribution in [0.15, 0.2) is 41.0 Å². The summed E-state index contributed by atoms with van der Waals surface area (Å²) in [6.45, 7) is 1.20. The van der Waals surface area contributed by atoms with E-state index in [-0.39, 0.29) is 23.9 Å². The minimum Gasteiger partial charge on any atom is -0.484 e. The summed E-state index contributed by atoms with van der Waals surface area (Å²) in [5.41, 5.74) is -1.32. The van der Waals surface area contributed by atoms with E-state index in [1.54, 1.807) is 12.1 Å². The predicted molar refractivity (Wildman–Crippen MR) is 78.2 cm³/mol. The summed E-state index contributed by atoms with van der Waals surface area (Å²) in [5, 5.41) is 12.6. The lowest BCUT2D eigenvalue weighted by atomic mass is 10.0. The van der Waals surface area contributed by atoms with Crippen molar-refractivity contribution in [2.24, 2.45) is 0 Å². The topological polar surface area (TPSA) is 71.7 Å². The number of carbonyl (C=O) groups excluding carboxylic acids is 1. The van der Waals surface area contributed by atoms with E-state index in [0.29, 0.717) is 5.76 Å². The van der Waals surface area contributed by atoms with Crippen molar-refractivity contribution in [2.45, 2.75) is 12.5 Å². The Balaban J connectivity index is 1.82. The van der Waals surface area contributed by atoms with Gasteiger partial charge in [0.05, 0.1) is 17.8 Å². The number of nitrogens with one attached hydrogen (secondary N) is 1. The molecule has 0 aliphatic heterocycles. The van der Waals surface area contributed by atoms with Gasteiger partial charge in [-0.05, 0) is 31.2 Å². The molecule has 2 rings (SSSR count). The van der Waals surface area contributed by atoms with Gasteiger partial charge < -0.3 is 19.6 Å². The number of halogens is 2. The molecule has 2 N–H and O–H groups in total. The van der Waals surface area contributed by atoms with E-state index in [1.165, 1.54) is 25.3 Å². The first kappa shape index (κ1) is 16.3. The number of rotatable bonds is 6. The first-order chi connectivity index (χ1) is 10.4. The summed E-state index contributed by atoms with van der Waals surface area (Å²) in [6.07, 6.45) is 1.44. The van der Waals surface area contributed by atoms with E-state index in [1.807, 2.05) is 0 Å². The van der Waals surface area contributed by atoms with Crippen LogP contribution in [0.1, 0.15) is 12.7 Å². The molecule has 0 saturated carbocycles. The zero-order valence-electron chi connectivity index (χ0n) is 11.8. The van der Waals surface area contributed by atoms with Gasteiger partial charge >= 0.3 is 0 Å². The number of amides is 1. The summed E-state index contributed by atoms with van der Waals surface area (Å²) in [7, 11) is 0. The molecule has 1 unspecified atom stereocenters. The Bertz CT molecular complexity index is 643. The zero-order chi connectivity index (χ0) is 16.2. The van der Waals surface area contributed by atoms with E-state index >= 15 is 0 Å². The molecule has 5 nitrogen and oxygen atoms in total. The van der Waals surface area contributed by atoms with Crippen molar-refractivity contribution in [3.63, 3.8) is 0 Å². The Morgan fingerprint density at radius 2 is 2.27 bits per heavy atom.